The molecule has 0 saturated heterocycles. The SMILES string of the molecule is O=c1c2ccccc2nc(SCc2nnc(C3CC3)o2)n1-c1ccc(F)c(Cl)c1. The Morgan fingerprint density at radius 3 is 2.83 bits per heavy atom. The molecular weight excluding hydrogens is 415 g/mol. The van der Waals surface area contributed by atoms with Crippen molar-refractivity contribution in [1.82, 2.24) is 19.7 Å². The monoisotopic (exact) mass is 428 g/mol. The minimum Gasteiger partial charge on any atom is -0.424 e. The molecule has 29 heavy (non-hydrogen) atoms. The van der Waals surface area contributed by atoms with Gasteiger partial charge in [0.25, 0.3) is 5.56 Å². The van der Waals surface area contributed by atoms with Crippen LogP contribution in [0.25, 0.3) is 16.6 Å². The predicted octanol–water partition coefficient (Wildman–Crippen LogP) is 4.73. The highest BCUT2D eigenvalue weighted by Gasteiger charge is 2.29. The molecule has 4 aromatic rings. The lowest BCUT2D eigenvalue weighted by Crippen LogP contribution is -2.21. The third-order valence-corrected chi connectivity index (χ3v) is 5.85. The summed E-state index contributed by atoms with van der Waals surface area (Å²) >= 11 is 7.25. The molecule has 1 aliphatic rings. The van der Waals surface area contributed by atoms with Crippen LogP contribution in [-0.4, -0.2) is 19.7 Å². The molecule has 5 rings (SSSR count). The van der Waals surface area contributed by atoms with Crippen LogP contribution in [-0.2, 0) is 5.75 Å². The maximum absolute atomic E-state index is 13.6. The van der Waals surface area contributed by atoms with Crippen molar-refractivity contribution >= 4 is 34.3 Å². The Labute approximate surface area is 173 Å². The number of hydrogen-bond acceptors (Lipinski definition) is 6. The summed E-state index contributed by atoms with van der Waals surface area (Å²) in [6.07, 6.45) is 2.15. The molecule has 0 unspecified atom stereocenters. The number of hydrogen-bond donors (Lipinski definition) is 0. The highest BCUT2D eigenvalue weighted by molar-refractivity contribution is 7.98. The molecule has 2 aromatic carbocycles. The first-order chi connectivity index (χ1) is 14.1. The van der Waals surface area contributed by atoms with Crippen LogP contribution >= 0.6 is 23.4 Å². The lowest BCUT2D eigenvalue weighted by atomic mass is 10.2. The van der Waals surface area contributed by atoms with Gasteiger partial charge >= 0.3 is 0 Å². The lowest BCUT2D eigenvalue weighted by molar-refractivity contribution is 0.466. The summed E-state index contributed by atoms with van der Waals surface area (Å²) in [5.41, 5.74) is 0.755. The molecule has 1 saturated carbocycles. The van der Waals surface area contributed by atoms with Crippen molar-refractivity contribution in [2.75, 3.05) is 0 Å². The van der Waals surface area contributed by atoms with Gasteiger partial charge in [0.15, 0.2) is 5.16 Å². The van der Waals surface area contributed by atoms with Gasteiger partial charge in [0.05, 0.1) is 27.4 Å². The summed E-state index contributed by atoms with van der Waals surface area (Å²) in [4.78, 5) is 17.8. The van der Waals surface area contributed by atoms with Crippen molar-refractivity contribution in [2.45, 2.75) is 29.7 Å². The zero-order valence-corrected chi connectivity index (χ0v) is 16.6. The molecule has 0 spiro atoms. The van der Waals surface area contributed by atoms with Gasteiger partial charge in [0, 0.05) is 5.92 Å². The third kappa shape index (κ3) is 3.54. The number of aromatic nitrogens is 4. The van der Waals surface area contributed by atoms with E-state index in [1.54, 1.807) is 18.2 Å². The molecule has 1 aliphatic carbocycles. The van der Waals surface area contributed by atoms with E-state index in [9.17, 15) is 9.18 Å². The predicted molar refractivity (Wildman–Crippen MR) is 108 cm³/mol. The van der Waals surface area contributed by atoms with Gasteiger partial charge in [-0.3, -0.25) is 9.36 Å². The number of para-hydroxylation sites is 1. The average Bonchev–Trinajstić information content (AvgIpc) is 3.47. The molecule has 0 aliphatic heterocycles. The second-order valence-corrected chi connectivity index (χ2v) is 8.10. The van der Waals surface area contributed by atoms with E-state index < -0.39 is 5.82 Å². The molecule has 0 atom stereocenters. The van der Waals surface area contributed by atoms with Crippen LogP contribution in [0.4, 0.5) is 4.39 Å². The van der Waals surface area contributed by atoms with Crippen LogP contribution in [0.15, 0.2) is 56.8 Å². The first-order valence-electron chi connectivity index (χ1n) is 9.02. The molecule has 0 radical (unpaired) electrons. The molecule has 0 bridgehead atoms. The van der Waals surface area contributed by atoms with Crippen LogP contribution in [0.5, 0.6) is 0 Å². The number of thioether (sulfide) groups is 1. The Morgan fingerprint density at radius 1 is 1.21 bits per heavy atom. The van der Waals surface area contributed by atoms with Crippen LogP contribution < -0.4 is 5.56 Å². The van der Waals surface area contributed by atoms with Crippen LogP contribution in [0, 0.1) is 5.82 Å². The Bertz CT molecular complexity index is 1290. The van der Waals surface area contributed by atoms with Gasteiger partial charge in [-0.25, -0.2) is 9.37 Å². The quantitative estimate of drug-likeness (QED) is 0.338. The lowest BCUT2D eigenvalue weighted by Gasteiger charge is -2.13. The first kappa shape index (κ1) is 18.3. The van der Waals surface area contributed by atoms with Crippen LogP contribution in [0.3, 0.4) is 0 Å². The fourth-order valence-electron chi connectivity index (χ4n) is 3.01. The summed E-state index contributed by atoms with van der Waals surface area (Å²) in [5, 5.41) is 9.00. The number of rotatable bonds is 5. The summed E-state index contributed by atoms with van der Waals surface area (Å²) in [6, 6.07) is 11.2. The summed E-state index contributed by atoms with van der Waals surface area (Å²) in [6.45, 7) is 0. The minimum absolute atomic E-state index is 0.0653. The van der Waals surface area contributed by atoms with E-state index in [0.29, 0.717) is 45.2 Å². The smallest absolute Gasteiger partial charge is 0.266 e. The van der Waals surface area contributed by atoms with E-state index >= 15 is 0 Å². The summed E-state index contributed by atoms with van der Waals surface area (Å²) < 4.78 is 20.8. The second kappa shape index (κ2) is 7.27. The zero-order valence-electron chi connectivity index (χ0n) is 15.0. The maximum Gasteiger partial charge on any atom is 0.266 e. The van der Waals surface area contributed by atoms with E-state index in [1.807, 2.05) is 6.07 Å². The van der Waals surface area contributed by atoms with Gasteiger partial charge in [0.2, 0.25) is 11.8 Å². The van der Waals surface area contributed by atoms with E-state index in [0.717, 1.165) is 12.8 Å². The standard InChI is InChI=1S/C20H14ClFN4O2S/c21-14-9-12(7-8-15(14)22)26-19(27)13-3-1-2-4-16(13)23-20(26)29-10-17-24-25-18(28-17)11-5-6-11/h1-4,7-9,11H,5-6,10H2. The first-order valence-corrected chi connectivity index (χ1v) is 10.4. The fourth-order valence-corrected chi connectivity index (χ4v) is 4.03. The zero-order chi connectivity index (χ0) is 20.0. The van der Waals surface area contributed by atoms with Crippen molar-refractivity contribution < 1.29 is 8.81 Å². The average molecular weight is 429 g/mol. The Balaban J connectivity index is 1.58. The molecule has 2 heterocycles. The van der Waals surface area contributed by atoms with E-state index in [1.165, 1.54) is 34.5 Å². The highest BCUT2D eigenvalue weighted by atomic mass is 35.5. The normalized spacial score (nSPS) is 13.9. The van der Waals surface area contributed by atoms with Crippen molar-refractivity contribution in [3.05, 3.63) is 75.4 Å². The van der Waals surface area contributed by atoms with E-state index in [2.05, 4.69) is 15.2 Å². The van der Waals surface area contributed by atoms with Gasteiger partial charge in [0.1, 0.15) is 5.82 Å². The summed E-state index contributed by atoms with van der Waals surface area (Å²) in [5.74, 6) is 1.32. The molecular formula is C20H14ClFN4O2S. The summed E-state index contributed by atoms with van der Waals surface area (Å²) in [7, 11) is 0. The van der Waals surface area contributed by atoms with Gasteiger partial charge in [-0.2, -0.15) is 0 Å². The van der Waals surface area contributed by atoms with Gasteiger partial charge < -0.3 is 4.42 Å². The van der Waals surface area contributed by atoms with Gasteiger partial charge in [-0.15, -0.1) is 10.2 Å². The Hall–Kier alpha value is -2.71. The fraction of sp³-hybridized carbons (Fsp3) is 0.200. The molecule has 9 heteroatoms. The molecule has 0 N–H and O–H groups in total. The largest absolute Gasteiger partial charge is 0.424 e. The van der Waals surface area contributed by atoms with E-state index in [4.69, 9.17) is 16.0 Å². The Kier molecular flexibility index (Phi) is 4.60. The van der Waals surface area contributed by atoms with E-state index in [-0.39, 0.29) is 10.6 Å². The third-order valence-electron chi connectivity index (χ3n) is 4.64. The number of benzene rings is 2. The minimum atomic E-state index is -0.551. The Morgan fingerprint density at radius 2 is 2.03 bits per heavy atom. The number of fused-ring (bicyclic) bond motifs is 1. The number of halogens is 2. The topological polar surface area (TPSA) is 73.8 Å². The number of nitrogens with zero attached hydrogens (tertiary/aromatic N) is 4. The van der Waals surface area contributed by atoms with Crippen LogP contribution in [0.1, 0.15) is 30.5 Å². The molecule has 6 nitrogen and oxygen atoms in total. The van der Waals surface area contributed by atoms with Crippen molar-refractivity contribution in [3.63, 3.8) is 0 Å². The molecule has 0 amide bonds. The van der Waals surface area contributed by atoms with Gasteiger partial charge in [-0.05, 0) is 43.2 Å². The molecule has 146 valence electrons. The maximum atomic E-state index is 13.6. The van der Waals surface area contributed by atoms with Crippen molar-refractivity contribution in [3.8, 4) is 5.69 Å². The van der Waals surface area contributed by atoms with Crippen molar-refractivity contribution in [1.29, 1.82) is 0 Å². The highest BCUT2D eigenvalue weighted by Crippen LogP contribution is 2.39. The molecule has 2 aromatic heterocycles. The van der Waals surface area contributed by atoms with Crippen molar-refractivity contribution in [2.24, 2.45) is 0 Å². The molecule has 1 fully saturated rings. The van der Waals surface area contributed by atoms with Crippen LogP contribution in [0.2, 0.25) is 5.02 Å². The van der Waals surface area contributed by atoms with Gasteiger partial charge in [-0.1, -0.05) is 35.5 Å². The second-order valence-electron chi connectivity index (χ2n) is 6.75.